The van der Waals surface area contributed by atoms with Gasteiger partial charge in [0, 0.05) is 24.4 Å². The summed E-state index contributed by atoms with van der Waals surface area (Å²) in [6, 6.07) is 0.245. The molecule has 96 valence electrons. The molecule has 0 bridgehead atoms. The molecule has 6 heteroatoms. The van der Waals surface area contributed by atoms with Crippen molar-refractivity contribution in [3.8, 4) is 0 Å². The van der Waals surface area contributed by atoms with Gasteiger partial charge >= 0.3 is 0 Å². The van der Waals surface area contributed by atoms with Crippen LogP contribution in [0.1, 0.15) is 13.8 Å². The van der Waals surface area contributed by atoms with E-state index in [4.69, 9.17) is 0 Å². The van der Waals surface area contributed by atoms with Crippen LogP contribution in [-0.4, -0.2) is 59.4 Å². The zero-order valence-electron chi connectivity index (χ0n) is 10.4. The lowest BCUT2D eigenvalue weighted by molar-refractivity contribution is -0.146. The third kappa shape index (κ3) is 2.21. The van der Waals surface area contributed by atoms with E-state index in [0.717, 1.165) is 13.1 Å². The smallest absolute Gasteiger partial charge is 0.246 e. The zero-order chi connectivity index (χ0) is 12.6. The van der Waals surface area contributed by atoms with Crippen LogP contribution in [0, 0.1) is 0 Å². The molecule has 2 atom stereocenters. The molecule has 2 N–H and O–H groups in total. The molecule has 0 aromatic heterocycles. The molecular formula is C11H19N3O2S. The van der Waals surface area contributed by atoms with Gasteiger partial charge in [0.05, 0.1) is 12.1 Å². The lowest BCUT2D eigenvalue weighted by atomic mass is 9.95. The molecule has 0 spiro atoms. The number of imide groups is 1. The number of piperazine rings is 1. The molecule has 2 heterocycles. The third-order valence-corrected chi connectivity index (χ3v) is 4.76. The summed E-state index contributed by atoms with van der Waals surface area (Å²) in [6.07, 6.45) is 2.07. The summed E-state index contributed by atoms with van der Waals surface area (Å²) in [7, 11) is 0. The molecule has 0 aliphatic carbocycles. The van der Waals surface area contributed by atoms with Crippen LogP contribution in [0.15, 0.2) is 0 Å². The van der Waals surface area contributed by atoms with Gasteiger partial charge in [0.25, 0.3) is 0 Å². The summed E-state index contributed by atoms with van der Waals surface area (Å²) in [6.45, 7) is 5.85. The molecule has 2 amide bonds. The zero-order valence-corrected chi connectivity index (χ0v) is 11.3. The van der Waals surface area contributed by atoms with E-state index < -0.39 is 5.54 Å². The van der Waals surface area contributed by atoms with Crippen molar-refractivity contribution < 1.29 is 9.59 Å². The van der Waals surface area contributed by atoms with E-state index in [1.807, 2.05) is 18.7 Å². The molecule has 2 unspecified atom stereocenters. The molecule has 2 aliphatic rings. The van der Waals surface area contributed by atoms with E-state index in [1.54, 1.807) is 11.8 Å². The average molecular weight is 257 g/mol. The van der Waals surface area contributed by atoms with E-state index in [2.05, 4.69) is 16.9 Å². The molecular weight excluding hydrogens is 238 g/mol. The molecule has 2 fully saturated rings. The fourth-order valence-corrected chi connectivity index (χ4v) is 3.37. The Morgan fingerprint density at radius 3 is 2.71 bits per heavy atom. The minimum Gasteiger partial charge on any atom is -0.314 e. The predicted molar refractivity (Wildman–Crippen MR) is 67.9 cm³/mol. The minimum absolute atomic E-state index is 0.193. The highest BCUT2D eigenvalue weighted by Gasteiger charge is 2.47. The standard InChI is InChI=1S/C11H19N3O2S/c1-11(2)10(16)13-9(15)6-14(11)7-4-12-5-8(7)17-3/h7-8,12H,4-6H2,1-3H3,(H,13,15,16). The summed E-state index contributed by atoms with van der Waals surface area (Å²) in [5, 5.41) is 6.18. The predicted octanol–water partition coefficient (Wildman–Crippen LogP) is -0.573. The molecule has 0 radical (unpaired) electrons. The fourth-order valence-electron chi connectivity index (χ4n) is 2.53. The van der Waals surface area contributed by atoms with E-state index in [1.165, 1.54) is 0 Å². The number of hydrogen-bond acceptors (Lipinski definition) is 5. The first kappa shape index (κ1) is 12.9. The summed E-state index contributed by atoms with van der Waals surface area (Å²) < 4.78 is 0. The molecule has 2 aliphatic heterocycles. The maximum Gasteiger partial charge on any atom is 0.246 e. The molecule has 2 saturated heterocycles. The lowest BCUT2D eigenvalue weighted by Gasteiger charge is -2.44. The minimum atomic E-state index is -0.613. The largest absolute Gasteiger partial charge is 0.314 e. The van der Waals surface area contributed by atoms with Gasteiger partial charge in [-0.15, -0.1) is 0 Å². The quantitative estimate of drug-likeness (QED) is 0.649. The van der Waals surface area contributed by atoms with Crippen molar-refractivity contribution in [3.05, 3.63) is 0 Å². The van der Waals surface area contributed by atoms with Crippen molar-refractivity contribution in [2.75, 3.05) is 25.9 Å². The van der Waals surface area contributed by atoms with Crippen LogP contribution in [0.25, 0.3) is 0 Å². The van der Waals surface area contributed by atoms with Gasteiger partial charge < -0.3 is 5.32 Å². The van der Waals surface area contributed by atoms with Crippen LogP contribution in [-0.2, 0) is 9.59 Å². The van der Waals surface area contributed by atoms with Crippen molar-refractivity contribution in [2.24, 2.45) is 0 Å². The molecule has 17 heavy (non-hydrogen) atoms. The number of rotatable bonds is 2. The summed E-state index contributed by atoms with van der Waals surface area (Å²) >= 11 is 1.79. The van der Waals surface area contributed by atoms with Crippen molar-refractivity contribution in [1.29, 1.82) is 0 Å². The van der Waals surface area contributed by atoms with Crippen LogP contribution in [0.2, 0.25) is 0 Å². The Kier molecular flexibility index (Phi) is 3.47. The Labute approximate surface area is 106 Å². The van der Waals surface area contributed by atoms with Gasteiger partial charge in [0.2, 0.25) is 11.8 Å². The van der Waals surface area contributed by atoms with Gasteiger partial charge in [-0.2, -0.15) is 11.8 Å². The molecule has 0 aromatic carbocycles. The number of carbonyl (C=O) groups excluding carboxylic acids is 2. The second-order valence-corrected chi connectivity index (χ2v) is 6.14. The normalized spacial score (nSPS) is 33.8. The Bertz CT molecular complexity index is 346. The summed E-state index contributed by atoms with van der Waals surface area (Å²) in [5.41, 5.74) is -0.613. The number of carbonyl (C=O) groups is 2. The van der Waals surface area contributed by atoms with E-state index in [9.17, 15) is 9.59 Å². The topological polar surface area (TPSA) is 61.4 Å². The van der Waals surface area contributed by atoms with Crippen LogP contribution >= 0.6 is 11.8 Å². The fraction of sp³-hybridized carbons (Fsp3) is 0.818. The van der Waals surface area contributed by atoms with Gasteiger partial charge in [0.15, 0.2) is 0 Å². The summed E-state index contributed by atoms with van der Waals surface area (Å²) in [4.78, 5) is 25.4. The number of nitrogens with one attached hydrogen (secondary N) is 2. The Morgan fingerprint density at radius 2 is 2.06 bits per heavy atom. The van der Waals surface area contributed by atoms with Crippen molar-refractivity contribution in [2.45, 2.75) is 30.7 Å². The van der Waals surface area contributed by atoms with Gasteiger partial charge in [-0.1, -0.05) is 0 Å². The first-order valence-corrected chi connectivity index (χ1v) is 7.10. The Balaban J connectivity index is 2.22. The number of thioether (sulfide) groups is 1. The van der Waals surface area contributed by atoms with Crippen LogP contribution in [0.4, 0.5) is 0 Å². The van der Waals surface area contributed by atoms with Gasteiger partial charge in [-0.3, -0.25) is 19.8 Å². The SMILES string of the molecule is CSC1CNCC1N1CC(=O)NC(=O)C1(C)C. The van der Waals surface area contributed by atoms with E-state index in [-0.39, 0.29) is 17.9 Å². The number of hydrogen-bond donors (Lipinski definition) is 2. The lowest BCUT2D eigenvalue weighted by Crippen LogP contribution is -2.67. The van der Waals surface area contributed by atoms with Gasteiger partial charge in [0.1, 0.15) is 0 Å². The third-order valence-electron chi connectivity index (χ3n) is 3.67. The van der Waals surface area contributed by atoms with Crippen molar-refractivity contribution >= 4 is 23.6 Å². The molecule has 2 rings (SSSR count). The first-order chi connectivity index (χ1) is 7.96. The molecule has 0 aromatic rings. The number of amides is 2. The van der Waals surface area contributed by atoms with Crippen molar-refractivity contribution in [1.82, 2.24) is 15.5 Å². The van der Waals surface area contributed by atoms with Gasteiger partial charge in [-0.25, -0.2) is 0 Å². The van der Waals surface area contributed by atoms with Crippen LogP contribution in [0.5, 0.6) is 0 Å². The first-order valence-electron chi connectivity index (χ1n) is 5.81. The van der Waals surface area contributed by atoms with Crippen LogP contribution in [0.3, 0.4) is 0 Å². The maximum atomic E-state index is 11.9. The van der Waals surface area contributed by atoms with Crippen molar-refractivity contribution in [3.63, 3.8) is 0 Å². The Morgan fingerprint density at radius 1 is 1.35 bits per heavy atom. The maximum absolute atomic E-state index is 11.9. The highest BCUT2D eigenvalue weighted by molar-refractivity contribution is 7.99. The Hall–Kier alpha value is -0.590. The second kappa shape index (κ2) is 4.59. The van der Waals surface area contributed by atoms with E-state index >= 15 is 0 Å². The molecule has 5 nitrogen and oxygen atoms in total. The monoisotopic (exact) mass is 257 g/mol. The average Bonchev–Trinajstić information content (AvgIpc) is 2.71. The summed E-state index contributed by atoms with van der Waals surface area (Å²) in [5.74, 6) is -0.387. The van der Waals surface area contributed by atoms with E-state index in [0.29, 0.717) is 11.8 Å². The molecule has 0 saturated carbocycles. The van der Waals surface area contributed by atoms with Gasteiger partial charge in [-0.05, 0) is 20.1 Å². The highest BCUT2D eigenvalue weighted by atomic mass is 32.2. The number of nitrogens with zero attached hydrogens (tertiary/aromatic N) is 1. The second-order valence-electron chi connectivity index (χ2n) is 5.06. The highest BCUT2D eigenvalue weighted by Crippen LogP contribution is 2.28. The van der Waals surface area contributed by atoms with Crippen LogP contribution < -0.4 is 10.6 Å².